The van der Waals surface area contributed by atoms with Crippen LogP contribution in [0, 0.1) is 21.4 Å². The molecule has 0 bridgehead atoms. The summed E-state index contributed by atoms with van der Waals surface area (Å²) in [6.07, 6.45) is 0.498. The van der Waals surface area contributed by atoms with E-state index in [2.05, 4.69) is 9.97 Å². The lowest BCUT2D eigenvalue weighted by molar-refractivity contribution is -0.384. The zero-order valence-electron chi connectivity index (χ0n) is 11.7. The van der Waals surface area contributed by atoms with Gasteiger partial charge in [-0.3, -0.25) is 14.9 Å². The Bertz CT molecular complexity index is 793. The SMILES string of the molecule is CCc1nc(SCc2ccc([N+](=O)[O-])cc2)[nH]c(=O)c1C#N. The Morgan fingerprint density at radius 1 is 1.41 bits per heavy atom. The highest BCUT2D eigenvalue weighted by Gasteiger charge is 2.10. The monoisotopic (exact) mass is 316 g/mol. The van der Waals surface area contributed by atoms with Crippen LogP contribution in [0.2, 0.25) is 0 Å². The number of hydrogen-bond acceptors (Lipinski definition) is 6. The molecule has 2 rings (SSSR count). The minimum Gasteiger partial charge on any atom is -0.300 e. The van der Waals surface area contributed by atoms with Gasteiger partial charge in [0.1, 0.15) is 11.6 Å². The summed E-state index contributed by atoms with van der Waals surface area (Å²) in [7, 11) is 0. The Morgan fingerprint density at radius 3 is 2.64 bits per heavy atom. The van der Waals surface area contributed by atoms with Gasteiger partial charge in [0.15, 0.2) is 5.16 Å². The molecule has 7 nitrogen and oxygen atoms in total. The molecule has 1 aromatic heterocycles. The summed E-state index contributed by atoms with van der Waals surface area (Å²) in [5.74, 6) is 0.510. The number of non-ortho nitro benzene ring substituents is 1. The van der Waals surface area contributed by atoms with Crippen LogP contribution in [0.5, 0.6) is 0 Å². The smallest absolute Gasteiger partial charge is 0.269 e. The van der Waals surface area contributed by atoms with E-state index in [4.69, 9.17) is 5.26 Å². The Kier molecular flexibility index (Phi) is 4.91. The van der Waals surface area contributed by atoms with Crippen LogP contribution in [-0.4, -0.2) is 14.9 Å². The Morgan fingerprint density at radius 2 is 2.09 bits per heavy atom. The molecule has 1 heterocycles. The van der Waals surface area contributed by atoms with E-state index in [-0.39, 0.29) is 11.3 Å². The van der Waals surface area contributed by atoms with Crippen molar-refractivity contribution in [2.75, 3.05) is 0 Å². The van der Waals surface area contributed by atoms with Crippen LogP contribution in [0.1, 0.15) is 23.7 Å². The summed E-state index contributed by atoms with van der Waals surface area (Å²) in [6, 6.07) is 8.04. The average Bonchev–Trinajstić information content (AvgIpc) is 2.52. The van der Waals surface area contributed by atoms with Crippen molar-refractivity contribution in [2.45, 2.75) is 24.3 Å². The van der Waals surface area contributed by atoms with Gasteiger partial charge in [-0.25, -0.2) is 4.98 Å². The highest BCUT2D eigenvalue weighted by atomic mass is 32.2. The molecule has 0 saturated heterocycles. The molecule has 0 saturated carbocycles. The van der Waals surface area contributed by atoms with Gasteiger partial charge in [-0.05, 0) is 12.0 Å². The van der Waals surface area contributed by atoms with Crippen molar-refractivity contribution in [2.24, 2.45) is 0 Å². The number of H-pyrrole nitrogens is 1. The molecular formula is C14H12N4O3S. The predicted molar refractivity (Wildman–Crippen MR) is 81.6 cm³/mol. The van der Waals surface area contributed by atoms with Crippen LogP contribution < -0.4 is 5.56 Å². The Labute approximate surface area is 130 Å². The summed E-state index contributed by atoms with van der Waals surface area (Å²) in [5, 5.41) is 19.9. The first kappa shape index (κ1) is 15.7. The number of aromatic nitrogens is 2. The maximum atomic E-state index is 11.8. The fourth-order valence-electron chi connectivity index (χ4n) is 1.80. The van der Waals surface area contributed by atoms with Crippen LogP contribution in [0.4, 0.5) is 5.69 Å². The van der Waals surface area contributed by atoms with Gasteiger partial charge in [0, 0.05) is 17.9 Å². The summed E-state index contributed by atoms with van der Waals surface area (Å²) in [4.78, 5) is 28.7. The molecule has 0 amide bonds. The van der Waals surface area contributed by atoms with E-state index >= 15 is 0 Å². The van der Waals surface area contributed by atoms with E-state index in [1.807, 2.05) is 13.0 Å². The predicted octanol–water partition coefficient (Wildman–Crippen LogP) is 2.40. The largest absolute Gasteiger partial charge is 0.300 e. The highest BCUT2D eigenvalue weighted by Crippen LogP contribution is 2.21. The van der Waals surface area contributed by atoms with Crippen LogP contribution >= 0.6 is 11.8 Å². The molecular weight excluding hydrogens is 304 g/mol. The molecule has 8 heteroatoms. The molecule has 0 aliphatic carbocycles. The molecule has 0 atom stereocenters. The van der Waals surface area contributed by atoms with Gasteiger partial charge >= 0.3 is 0 Å². The normalized spacial score (nSPS) is 10.2. The number of nitro benzene ring substituents is 1. The molecule has 0 fully saturated rings. The van der Waals surface area contributed by atoms with Gasteiger partial charge < -0.3 is 4.98 Å². The minimum absolute atomic E-state index is 0.0342. The lowest BCUT2D eigenvalue weighted by atomic mass is 10.2. The van der Waals surface area contributed by atoms with Gasteiger partial charge in [0.05, 0.1) is 10.6 Å². The van der Waals surface area contributed by atoms with E-state index in [0.29, 0.717) is 23.0 Å². The summed E-state index contributed by atoms with van der Waals surface area (Å²) >= 11 is 1.30. The van der Waals surface area contributed by atoms with Crippen LogP contribution in [-0.2, 0) is 12.2 Å². The second-order valence-electron chi connectivity index (χ2n) is 4.37. The number of nitrogens with zero attached hydrogens (tertiary/aromatic N) is 3. The fourth-order valence-corrected chi connectivity index (χ4v) is 2.64. The molecule has 0 aliphatic heterocycles. The zero-order chi connectivity index (χ0) is 16.1. The first-order valence-corrected chi connectivity index (χ1v) is 7.43. The highest BCUT2D eigenvalue weighted by molar-refractivity contribution is 7.98. The summed E-state index contributed by atoms with van der Waals surface area (Å²) < 4.78 is 0. The standard InChI is InChI=1S/C14H12N4O3S/c1-2-12-11(7-15)13(19)17-14(16-12)22-8-9-3-5-10(6-4-9)18(20)21/h3-6H,2,8H2,1H3,(H,16,17,19). The number of hydrogen-bond donors (Lipinski definition) is 1. The Hall–Kier alpha value is -2.66. The number of nitriles is 1. The number of nitro groups is 1. The molecule has 2 aromatic rings. The lowest BCUT2D eigenvalue weighted by Crippen LogP contribution is -2.16. The van der Waals surface area contributed by atoms with Crippen molar-refractivity contribution in [3.05, 3.63) is 61.6 Å². The summed E-state index contributed by atoms with van der Waals surface area (Å²) in [5.41, 5.74) is 0.979. The quantitative estimate of drug-likeness (QED) is 0.392. The van der Waals surface area contributed by atoms with Crippen LogP contribution in [0.15, 0.2) is 34.2 Å². The van der Waals surface area contributed by atoms with Crippen LogP contribution in [0.3, 0.4) is 0 Å². The topological polar surface area (TPSA) is 113 Å². The maximum Gasteiger partial charge on any atom is 0.269 e. The van der Waals surface area contributed by atoms with Crippen molar-refractivity contribution in [1.29, 1.82) is 5.26 Å². The Balaban J connectivity index is 2.15. The average molecular weight is 316 g/mol. The number of nitrogens with one attached hydrogen (secondary N) is 1. The fraction of sp³-hybridized carbons (Fsp3) is 0.214. The zero-order valence-corrected chi connectivity index (χ0v) is 12.5. The van der Waals surface area contributed by atoms with E-state index in [1.54, 1.807) is 12.1 Å². The van der Waals surface area contributed by atoms with Gasteiger partial charge in [0.2, 0.25) is 0 Å². The number of aromatic amines is 1. The molecule has 112 valence electrons. The maximum absolute atomic E-state index is 11.8. The molecule has 0 radical (unpaired) electrons. The second kappa shape index (κ2) is 6.87. The van der Waals surface area contributed by atoms with Crippen molar-refractivity contribution in [3.63, 3.8) is 0 Å². The summed E-state index contributed by atoms with van der Waals surface area (Å²) in [6.45, 7) is 1.83. The number of rotatable bonds is 5. The van der Waals surface area contributed by atoms with Crippen molar-refractivity contribution >= 4 is 17.4 Å². The van der Waals surface area contributed by atoms with Gasteiger partial charge in [0.25, 0.3) is 11.2 Å². The van der Waals surface area contributed by atoms with E-state index in [1.165, 1.54) is 23.9 Å². The lowest BCUT2D eigenvalue weighted by Gasteiger charge is -2.04. The van der Waals surface area contributed by atoms with Crippen LogP contribution in [0.25, 0.3) is 0 Å². The molecule has 0 aliphatic rings. The first-order chi connectivity index (χ1) is 10.5. The van der Waals surface area contributed by atoms with Crippen molar-refractivity contribution in [1.82, 2.24) is 9.97 Å². The molecule has 1 aromatic carbocycles. The second-order valence-corrected chi connectivity index (χ2v) is 5.33. The third-order valence-corrected chi connectivity index (χ3v) is 3.89. The first-order valence-electron chi connectivity index (χ1n) is 6.44. The third kappa shape index (κ3) is 3.51. The van der Waals surface area contributed by atoms with Gasteiger partial charge in [-0.15, -0.1) is 0 Å². The minimum atomic E-state index is -0.454. The third-order valence-electron chi connectivity index (χ3n) is 2.94. The van der Waals surface area contributed by atoms with Gasteiger partial charge in [-0.2, -0.15) is 5.26 Å². The molecule has 0 spiro atoms. The molecule has 22 heavy (non-hydrogen) atoms. The molecule has 1 N–H and O–H groups in total. The number of aryl methyl sites for hydroxylation is 1. The van der Waals surface area contributed by atoms with E-state index in [0.717, 1.165) is 5.56 Å². The van der Waals surface area contributed by atoms with E-state index < -0.39 is 10.5 Å². The number of benzene rings is 1. The van der Waals surface area contributed by atoms with Crippen molar-refractivity contribution < 1.29 is 4.92 Å². The molecule has 0 unspecified atom stereocenters. The number of thioether (sulfide) groups is 1. The van der Waals surface area contributed by atoms with Crippen molar-refractivity contribution in [3.8, 4) is 6.07 Å². The van der Waals surface area contributed by atoms with E-state index in [9.17, 15) is 14.9 Å². The van der Waals surface area contributed by atoms with Gasteiger partial charge in [-0.1, -0.05) is 30.8 Å².